The minimum absolute atomic E-state index is 0.0902. The zero-order chi connectivity index (χ0) is 17.4. The van der Waals surface area contributed by atoms with E-state index < -0.39 is 0 Å². The highest BCUT2D eigenvalue weighted by molar-refractivity contribution is 5.70. The number of esters is 1. The average molecular weight is 334 g/mol. The molecule has 1 aromatic carbocycles. The van der Waals surface area contributed by atoms with E-state index in [1.54, 1.807) is 11.8 Å². The molecule has 0 spiro atoms. The van der Waals surface area contributed by atoms with Crippen LogP contribution in [0, 0.1) is 5.92 Å². The fraction of sp³-hybridized carbons (Fsp3) is 0.556. The molecular weight excluding hydrogens is 308 g/mol. The van der Waals surface area contributed by atoms with Gasteiger partial charge in [0.25, 0.3) is 0 Å². The lowest BCUT2D eigenvalue weighted by atomic mass is 9.89. The predicted octanol–water partition coefficient (Wildman–Crippen LogP) is 2.32. The average Bonchev–Trinajstić information content (AvgIpc) is 2.61. The maximum atomic E-state index is 12.2. The molecule has 24 heavy (non-hydrogen) atoms. The first-order chi connectivity index (χ1) is 11.6. The Morgan fingerprint density at radius 1 is 1.29 bits per heavy atom. The molecule has 1 saturated heterocycles. The number of nitrogens with zero attached hydrogens (tertiary/aromatic N) is 1. The van der Waals surface area contributed by atoms with Crippen LogP contribution in [0.25, 0.3) is 0 Å². The molecule has 0 aromatic heterocycles. The van der Waals surface area contributed by atoms with Crippen LogP contribution in [0.3, 0.4) is 0 Å². The number of nitrogens with two attached hydrogens (primary N) is 1. The van der Waals surface area contributed by atoms with Crippen LogP contribution in [0.1, 0.15) is 31.7 Å². The maximum absolute atomic E-state index is 12.2. The molecule has 6 heteroatoms. The quantitative estimate of drug-likeness (QED) is 0.807. The van der Waals surface area contributed by atoms with Gasteiger partial charge < -0.3 is 20.1 Å². The third-order valence-electron chi connectivity index (χ3n) is 4.23. The van der Waals surface area contributed by atoms with Gasteiger partial charge in [-0.15, -0.1) is 0 Å². The van der Waals surface area contributed by atoms with Crippen molar-refractivity contribution in [1.29, 1.82) is 0 Å². The van der Waals surface area contributed by atoms with Crippen LogP contribution in [0.5, 0.6) is 0 Å². The Morgan fingerprint density at radius 3 is 2.75 bits per heavy atom. The van der Waals surface area contributed by atoms with Gasteiger partial charge in [0.1, 0.15) is 6.61 Å². The zero-order valence-electron chi connectivity index (χ0n) is 14.1. The first-order valence-corrected chi connectivity index (χ1v) is 8.47. The first kappa shape index (κ1) is 18.3. The number of hydrogen-bond acceptors (Lipinski definition) is 5. The summed E-state index contributed by atoms with van der Waals surface area (Å²) in [5.74, 6) is -0.193. The summed E-state index contributed by atoms with van der Waals surface area (Å²) in [7, 11) is 0. The summed E-state index contributed by atoms with van der Waals surface area (Å²) in [6.07, 6.45) is 1.63. The van der Waals surface area contributed by atoms with Crippen molar-refractivity contribution < 1.29 is 19.1 Å². The molecular formula is C18H26N2O4. The minimum Gasteiger partial charge on any atom is -0.466 e. The number of benzene rings is 1. The minimum atomic E-state index is -0.327. The van der Waals surface area contributed by atoms with Crippen LogP contribution in [-0.4, -0.2) is 42.7 Å². The summed E-state index contributed by atoms with van der Waals surface area (Å²) in [5, 5.41) is 0. The van der Waals surface area contributed by atoms with E-state index in [1.165, 1.54) is 0 Å². The molecule has 1 fully saturated rings. The van der Waals surface area contributed by atoms with Gasteiger partial charge >= 0.3 is 12.1 Å². The van der Waals surface area contributed by atoms with Crippen molar-refractivity contribution >= 4 is 12.1 Å². The van der Waals surface area contributed by atoms with E-state index >= 15 is 0 Å². The van der Waals surface area contributed by atoms with Gasteiger partial charge in [-0.05, 0) is 31.2 Å². The van der Waals surface area contributed by atoms with Crippen LogP contribution >= 0.6 is 0 Å². The molecule has 0 radical (unpaired) electrons. The van der Waals surface area contributed by atoms with Gasteiger partial charge in [0, 0.05) is 19.1 Å². The fourth-order valence-corrected chi connectivity index (χ4v) is 2.91. The van der Waals surface area contributed by atoms with Gasteiger partial charge in [0.15, 0.2) is 0 Å². The molecule has 2 atom stereocenters. The summed E-state index contributed by atoms with van der Waals surface area (Å²) in [6, 6.07) is 9.28. The Kier molecular flexibility index (Phi) is 7.06. The normalized spacial score (nSPS) is 18.8. The molecule has 1 aliphatic heterocycles. The molecule has 6 nitrogen and oxygen atoms in total. The monoisotopic (exact) mass is 334 g/mol. The van der Waals surface area contributed by atoms with Crippen LogP contribution in [-0.2, 0) is 20.9 Å². The van der Waals surface area contributed by atoms with Gasteiger partial charge in [-0.2, -0.15) is 0 Å². The van der Waals surface area contributed by atoms with Crippen molar-refractivity contribution in [2.24, 2.45) is 11.7 Å². The Morgan fingerprint density at radius 2 is 2.04 bits per heavy atom. The summed E-state index contributed by atoms with van der Waals surface area (Å²) >= 11 is 0. The van der Waals surface area contributed by atoms with E-state index in [4.69, 9.17) is 15.2 Å². The van der Waals surface area contributed by atoms with Crippen molar-refractivity contribution in [3.8, 4) is 0 Å². The van der Waals surface area contributed by atoms with E-state index in [9.17, 15) is 9.59 Å². The highest BCUT2D eigenvalue weighted by Gasteiger charge is 2.29. The molecule has 2 rings (SSSR count). The molecule has 1 heterocycles. The second-order valence-corrected chi connectivity index (χ2v) is 6.06. The molecule has 0 aliphatic carbocycles. The maximum Gasteiger partial charge on any atom is 0.410 e. The highest BCUT2D eigenvalue weighted by Crippen LogP contribution is 2.21. The second-order valence-electron chi connectivity index (χ2n) is 6.06. The Hall–Kier alpha value is -2.08. The summed E-state index contributed by atoms with van der Waals surface area (Å²) < 4.78 is 10.3. The van der Waals surface area contributed by atoms with Crippen molar-refractivity contribution in [2.45, 2.75) is 38.8 Å². The lowest BCUT2D eigenvalue weighted by molar-refractivity contribution is -0.143. The molecule has 0 unspecified atom stereocenters. The number of amides is 1. The van der Waals surface area contributed by atoms with E-state index in [0.717, 1.165) is 18.4 Å². The molecule has 0 bridgehead atoms. The Balaban J connectivity index is 1.81. The third-order valence-corrected chi connectivity index (χ3v) is 4.23. The van der Waals surface area contributed by atoms with Crippen LogP contribution in [0.2, 0.25) is 0 Å². The molecule has 1 amide bonds. The van der Waals surface area contributed by atoms with Crippen LogP contribution in [0.4, 0.5) is 4.79 Å². The SMILES string of the molecule is CCOC(=O)C[C@@H](N)[C@H]1CCCN(C(=O)OCc2ccccc2)C1. The van der Waals surface area contributed by atoms with Crippen LogP contribution in [0.15, 0.2) is 30.3 Å². The zero-order valence-corrected chi connectivity index (χ0v) is 14.1. The van der Waals surface area contributed by atoms with Gasteiger partial charge in [0.2, 0.25) is 0 Å². The standard InChI is InChI=1S/C18H26N2O4/c1-2-23-17(21)11-16(19)15-9-6-10-20(12-15)18(22)24-13-14-7-4-3-5-8-14/h3-5,7-8,15-16H,2,6,9-13,19H2,1H3/t15-,16+/m0/s1. The fourth-order valence-electron chi connectivity index (χ4n) is 2.91. The van der Waals surface area contributed by atoms with E-state index in [2.05, 4.69) is 0 Å². The number of hydrogen-bond donors (Lipinski definition) is 1. The second kappa shape index (κ2) is 9.27. The Labute approximate surface area is 142 Å². The molecule has 1 aliphatic rings. The highest BCUT2D eigenvalue weighted by atomic mass is 16.6. The van der Waals surface area contributed by atoms with Crippen molar-refractivity contribution in [1.82, 2.24) is 4.90 Å². The van der Waals surface area contributed by atoms with Gasteiger partial charge in [-0.1, -0.05) is 30.3 Å². The van der Waals surface area contributed by atoms with Gasteiger partial charge in [-0.25, -0.2) is 4.79 Å². The summed E-state index contributed by atoms with van der Waals surface area (Å²) in [4.78, 5) is 25.5. The first-order valence-electron chi connectivity index (χ1n) is 8.47. The number of ether oxygens (including phenoxy) is 2. The topological polar surface area (TPSA) is 81.9 Å². The molecule has 0 saturated carbocycles. The van der Waals surface area contributed by atoms with Crippen molar-refractivity contribution in [3.63, 3.8) is 0 Å². The van der Waals surface area contributed by atoms with Crippen molar-refractivity contribution in [3.05, 3.63) is 35.9 Å². The summed E-state index contributed by atoms with van der Waals surface area (Å²) in [6.45, 7) is 3.57. The lowest BCUT2D eigenvalue weighted by Gasteiger charge is -2.34. The molecule has 2 N–H and O–H groups in total. The number of likely N-dealkylation sites (tertiary alicyclic amines) is 1. The van der Waals surface area contributed by atoms with E-state index in [-0.39, 0.29) is 37.0 Å². The van der Waals surface area contributed by atoms with E-state index in [0.29, 0.717) is 19.7 Å². The smallest absolute Gasteiger partial charge is 0.410 e. The number of piperidine rings is 1. The number of rotatable bonds is 6. The summed E-state index contributed by atoms with van der Waals surface area (Å²) in [5.41, 5.74) is 7.08. The number of carbonyl (C=O) groups excluding carboxylic acids is 2. The predicted molar refractivity (Wildman–Crippen MR) is 90.1 cm³/mol. The van der Waals surface area contributed by atoms with Crippen molar-refractivity contribution in [2.75, 3.05) is 19.7 Å². The third kappa shape index (κ3) is 5.53. The Bertz CT molecular complexity index is 535. The lowest BCUT2D eigenvalue weighted by Crippen LogP contribution is -2.46. The van der Waals surface area contributed by atoms with E-state index in [1.807, 2.05) is 30.3 Å². The van der Waals surface area contributed by atoms with Gasteiger partial charge in [0.05, 0.1) is 13.0 Å². The molecule has 132 valence electrons. The molecule has 1 aromatic rings. The van der Waals surface area contributed by atoms with Gasteiger partial charge in [-0.3, -0.25) is 4.79 Å². The van der Waals surface area contributed by atoms with Crippen LogP contribution < -0.4 is 5.73 Å². The largest absolute Gasteiger partial charge is 0.466 e. The number of carbonyl (C=O) groups is 2.